The Labute approximate surface area is 241 Å². The molecule has 9 aromatic rings. The van der Waals surface area contributed by atoms with Crippen molar-refractivity contribution in [3.8, 4) is 28.3 Å². The fourth-order valence-electron chi connectivity index (χ4n) is 6.41. The van der Waals surface area contributed by atoms with Crippen molar-refractivity contribution in [1.29, 1.82) is 0 Å². The fraction of sp³-hybridized carbons (Fsp3) is 0. The van der Waals surface area contributed by atoms with Gasteiger partial charge in [0.15, 0.2) is 5.58 Å². The van der Waals surface area contributed by atoms with Crippen molar-refractivity contribution in [1.82, 2.24) is 14.5 Å². The van der Waals surface area contributed by atoms with Crippen molar-refractivity contribution < 1.29 is 4.42 Å². The maximum absolute atomic E-state index is 5.99. The highest BCUT2D eigenvalue weighted by molar-refractivity contribution is 6.21. The third-order valence-corrected chi connectivity index (χ3v) is 8.29. The Hall–Kier alpha value is -5.74. The van der Waals surface area contributed by atoms with Gasteiger partial charge in [-0.3, -0.25) is 4.57 Å². The summed E-state index contributed by atoms with van der Waals surface area (Å²) in [6, 6.07) is 46.8. The van der Waals surface area contributed by atoms with Crippen molar-refractivity contribution in [3.63, 3.8) is 0 Å². The topological polar surface area (TPSA) is 43.9 Å². The SMILES string of the molecule is c1cc(-c2cccc3ccccc23)cc(-c2nc(-n3c4ccccc4c4c5ccccc5ccc43)nc3ccoc23)c1. The summed E-state index contributed by atoms with van der Waals surface area (Å²) in [7, 11) is 0. The molecule has 0 fully saturated rings. The molecule has 0 radical (unpaired) electrons. The molecule has 0 saturated heterocycles. The van der Waals surface area contributed by atoms with Crippen molar-refractivity contribution in [2.24, 2.45) is 0 Å². The minimum absolute atomic E-state index is 0.621. The maximum Gasteiger partial charge on any atom is 0.236 e. The van der Waals surface area contributed by atoms with E-state index in [0.29, 0.717) is 11.5 Å². The standard InChI is InChI=1S/C38H23N3O/c1-3-14-28-24(9-1)11-8-17-29(28)26-12-7-13-27(23-26)36-37-32(21-22-42-37)39-38(40-36)41-33-18-6-5-16-31(33)35-30-15-4-2-10-25(30)19-20-34(35)41/h1-23H. The van der Waals surface area contributed by atoms with Gasteiger partial charge in [0, 0.05) is 22.4 Å². The van der Waals surface area contributed by atoms with Crippen molar-refractivity contribution in [2.75, 3.05) is 0 Å². The number of benzene rings is 6. The van der Waals surface area contributed by atoms with E-state index in [-0.39, 0.29) is 0 Å². The number of para-hydroxylation sites is 1. The van der Waals surface area contributed by atoms with Gasteiger partial charge < -0.3 is 4.42 Å². The predicted octanol–water partition coefficient (Wildman–Crippen LogP) is 9.96. The lowest BCUT2D eigenvalue weighted by atomic mass is 9.96. The number of nitrogens with zero attached hydrogens (tertiary/aromatic N) is 3. The van der Waals surface area contributed by atoms with E-state index in [4.69, 9.17) is 14.4 Å². The van der Waals surface area contributed by atoms with Crippen LogP contribution < -0.4 is 0 Å². The first-order valence-electron chi connectivity index (χ1n) is 14.1. The molecule has 6 aromatic carbocycles. The third-order valence-electron chi connectivity index (χ3n) is 8.29. The van der Waals surface area contributed by atoms with E-state index in [2.05, 4.69) is 132 Å². The minimum Gasteiger partial charge on any atom is -0.460 e. The van der Waals surface area contributed by atoms with Gasteiger partial charge in [0.05, 0.1) is 17.3 Å². The molecule has 196 valence electrons. The van der Waals surface area contributed by atoms with Gasteiger partial charge in [-0.25, -0.2) is 9.97 Å². The number of furan rings is 1. The lowest BCUT2D eigenvalue weighted by molar-refractivity contribution is 0.614. The van der Waals surface area contributed by atoms with Crippen LogP contribution >= 0.6 is 0 Å². The van der Waals surface area contributed by atoms with Gasteiger partial charge in [-0.2, -0.15) is 0 Å². The molecule has 4 nitrogen and oxygen atoms in total. The zero-order chi connectivity index (χ0) is 27.6. The van der Waals surface area contributed by atoms with E-state index >= 15 is 0 Å². The number of aromatic nitrogens is 3. The number of fused-ring (bicyclic) bond motifs is 7. The first-order chi connectivity index (χ1) is 20.8. The normalized spacial score (nSPS) is 11.8. The number of hydrogen-bond acceptors (Lipinski definition) is 3. The molecule has 3 aromatic heterocycles. The molecule has 0 aliphatic rings. The average molecular weight is 538 g/mol. The van der Waals surface area contributed by atoms with E-state index in [0.717, 1.165) is 33.4 Å². The van der Waals surface area contributed by atoms with Crippen LogP contribution in [0, 0.1) is 0 Å². The molecule has 4 heteroatoms. The smallest absolute Gasteiger partial charge is 0.236 e. The molecule has 0 aliphatic carbocycles. The summed E-state index contributed by atoms with van der Waals surface area (Å²) in [6.45, 7) is 0. The summed E-state index contributed by atoms with van der Waals surface area (Å²) >= 11 is 0. The Kier molecular flexibility index (Phi) is 4.87. The van der Waals surface area contributed by atoms with Crippen LogP contribution in [0.1, 0.15) is 0 Å². The zero-order valence-electron chi connectivity index (χ0n) is 22.5. The van der Waals surface area contributed by atoms with Gasteiger partial charge >= 0.3 is 0 Å². The molecule has 0 saturated carbocycles. The van der Waals surface area contributed by atoms with Crippen molar-refractivity contribution in [3.05, 3.63) is 140 Å². The number of hydrogen-bond donors (Lipinski definition) is 0. The molecule has 42 heavy (non-hydrogen) atoms. The van der Waals surface area contributed by atoms with Crippen LogP contribution in [0.25, 0.3) is 82.8 Å². The zero-order valence-corrected chi connectivity index (χ0v) is 22.5. The van der Waals surface area contributed by atoms with E-state index < -0.39 is 0 Å². The van der Waals surface area contributed by atoms with Crippen LogP contribution in [0.15, 0.2) is 144 Å². The number of rotatable bonds is 3. The monoisotopic (exact) mass is 537 g/mol. The molecule has 0 amide bonds. The molecule has 9 rings (SSSR count). The van der Waals surface area contributed by atoms with Crippen molar-refractivity contribution in [2.45, 2.75) is 0 Å². The molecule has 3 heterocycles. The van der Waals surface area contributed by atoms with Crippen LogP contribution in [-0.2, 0) is 0 Å². The second-order valence-electron chi connectivity index (χ2n) is 10.6. The molecule has 0 aliphatic heterocycles. The highest BCUT2D eigenvalue weighted by atomic mass is 16.3. The highest BCUT2D eigenvalue weighted by Gasteiger charge is 2.20. The van der Waals surface area contributed by atoms with E-state index in [1.165, 1.54) is 37.9 Å². The summed E-state index contributed by atoms with van der Waals surface area (Å²) in [5.74, 6) is 0.621. The van der Waals surface area contributed by atoms with E-state index in [9.17, 15) is 0 Å². The second-order valence-corrected chi connectivity index (χ2v) is 10.6. The molecular weight excluding hydrogens is 514 g/mol. The second kappa shape index (κ2) is 8.88. The lowest BCUT2D eigenvalue weighted by Crippen LogP contribution is -2.02. The predicted molar refractivity (Wildman–Crippen MR) is 172 cm³/mol. The largest absolute Gasteiger partial charge is 0.460 e. The fourth-order valence-corrected chi connectivity index (χ4v) is 6.41. The van der Waals surface area contributed by atoms with Gasteiger partial charge in [-0.15, -0.1) is 0 Å². The van der Waals surface area contributed by atoms with Gasteiger partial charge in [-0.05, 0) is 50.9 Å². The van der Waals surface area contributed by atoms with E-state index in [1.54, 1.807) is 6.26 Å². The highest BCUT2D eigenvalue weighted by Crippen LogP contribution is 2.38. The van der Waals surface area contributed by atoms with Gasteiger partial charge in [-0.1, -0.05) is 109 Å². The first-order valence-corrected chi connectivity index (χ1v) is 14.1. The first kappa shape index (κ1) is 23.0. The third kappa shape index (κ3) is 3.36. The van der Waals surface area contributed by atoms with Crippen LogP contribution in [0.4, 0.5) is 0 Å². The Morgan fingerprint density at radius 1 is 0.524 bits per heavy atom. The molecule has 0 N–H and O–H groups in total. The van der Waals surface area contributed by atoms with Crippen LogP contribution in [0.2, 0.25) is 0 Å². The van der Waals surface area contributed by atoms with Gasteiger partial charge in [0.25, 0.3) is 0 Å². The Bertz CT molecular complexity index is 2480. The molecule has 0 bridgehead atoms. The summed E-state index contributed by atoms with van der Waals surface area (Å²) in [4.78, 5) is 10.2. The Morgan fingerprint density at radius 2 is 1.24 bits per heavy atom. The summed E-state index contributed by atoms with van der Waals surface area (Å²) in [5.41, 5.74) is 7.68. The molecule has 0 unspecified atom stereocenters. The quantitative estimate of drug-likeness (QED) is 0.225. The molecular formula is C38H23N3O. The van der Waals surface area contributed by atoms with Crippen LogP contribution in [0.3, 0.4) is 0 Å². The minimum atomic E-state index is 0.621. The Morgan fingerprint density at radius 3 is 2.14 bits per heavy atom. The van der Waals surface area contributed by atoms with Crippen molar-refractivity contribution >= 4 is 54.5 Å². The summed E-state index contributed by atoms with van der Waals surface area (Å²) < 4.78 is 8.17. The summed E-state index contributed by atoms with van der Waals surface area (Å²) in [5, 5.41) is 7.26. The summed E-state index contributed by atoms with van der Waals surface area (Å²) in [6.07, 6.45) is 1.70. The van der Waals surface area contributed by atoms with E-state index in [1.807, 2.05) is 6.07 Å². The van der Waals surface area contributed by atoms with Gasteiger partial charge in [0.1, 0.15) is 11.2 Å². The average Bonchev–Trinajstić information content (AvgIpc) is 3.67. The molecule has 0 spiro atoms. The Balaban J connectivity index is 1.31. The van der Waals surface area contributed by atoms with Gasteiger partial charge in [0.2, 0.25) is 5.95 Å². The molecule has 0 atom stereocenters. The lowest BCUT2D eigenvalue weighted by Gasteiger charge is -2.11. The maximum atomic E-state index is 5.99. The van der Waals surface area contributed by atoms with Crippen LogP contribution in [-0.4, -0.2) is 14.5 Å². The van der Waals surface area contributed by atoms with Crippen LogP contribution in [0.5, 0.6) is 0 Å².